The van der Waals surface area contributed by atoms with E-state index in [1.54, 1.807) is 6.20 Å². The fraction of sp³-hybridized carbons (Fsp3) is 0.600. The second-order valence-electron chi connectivity index (χ2n) is 22.4. The molecule has 2 aliphatic carbocycles. The number of fused-ring (bicyclic) bond motifs is 3. The van der Waals surface area contributed by atoms with Crippen LogP contribution in [0.3, 0.4) is 0 Å². The van der Waals surface area contributed by atoms with Gasteiger partial charge in [0.1, 0.15) is 11.3 Å². The number of aromatic nitrogens is 4. The van der Waals surface area contributed by atoms with Gasteiger partial charge in [-0.2, -0.15) is 0 Å². The van der Waals surface area contributed by atoms with Crippen molar-refractivity contribution in [2.75, 3.05) is 87.1 Å². The van der Waals surface area contributed by atoms with Gasteiger partial charge in [-0.3, -0.25) is 34.2 Å². The molecule has 380 valence electrons. The van der Waals surface area contributed by atoms with Crippen molar-refractivity contribution in [1.29, 1.82) is 0 Å². The number of carbonyl (C=O) groups excluding carboxylic acids is 5. The average Bonchev–Trinajstić information content (AvgIpc) is 4.05. The highest BCUT2D eigenvalue weighted by Gasteiger charge is 2.56. The lowest BCUT2D eigenvalue weighted by molar-refractivity contribution is -0.143. The van der Waals surface area contributed by atoms with Crippen LogP contribution in [0.15, 0.2) is 48.9 Å². The van der Waals surface area contributed by atoms with E-state index in [-0.39, 0.29) is 53.5 Å². The first-order chi connectivity index (χ1) is 35.0. The maximum Gasteiger partial charge on any atom is 0.238 e. The molecule has 0 radical (unpaired) electrons. The molecule has 17 heteroatoms. The van der Waals surface area contributed by atoms with Crippen LogP contribution >= 0.6 is 0 Å². The van der Waals surface area contributed by atoms with Gasteiger partial charge in [-0.05, 0) is 127 Å². The molecule has 12 rings (SSSR count). The van der Waals surface area contributed by atoms with E-state index in [1.807, 2.05) is 28.3 Å². The molecule has 3 aromatic heterocycles. The lowest BCUT2D eigenvalue weighted by Gasteiger charge is -2.48. The molecule has 9 heterocycles. The number of amides is 5. The summed E-state index contributed by atoms with van der Waals surface area (Å²) in [6.07, 6.45) is 15.1. The largest absolute Gasteiger partial charge is 0.366 e. The normalized spacial score (nSPS) is 25.3. The van der Waals surface area contributed by atoms with Crippen molar-refractivity contribution in [3.63, 3.8) is 0 Å². The van der Waals surface area contributed by atoms with Crippen LogP contribution in [0.1, 0.15) is 120 Å². The molecular weight excluding hydrogens is 909 g/mol. The predicted octanol–water partition coefficient (Wildman–Crippen LogP) is 5.45. The fourth-order valence-corrected chi connectivity index (χ4v) is 13.0. The van der Waals surface area contributed by atoms with Gasteiger partial charge >= 0.3 is 0 Å². The van der Waals surface area contributed by atoms with Gasteiger partial charge in [-0.25, -0.2) is 15.0 Å². The highest BCUT2D eigenvalue weighted by atomic mass is 16.2. The first kappa shape index (κ1) is 47.1. The van der Waals surface area contributed by atoms with Crippen LogP contribution in [0.4, 0.5) is 17.3 Å². The minimum absolute atomic E-state index is 0.106. The second kappa shape index (κ2) is 19.2. The highest BCUT2D eigenvalue weighted by molar-refractivity contribution is 6.09. The Hall–Kier alpha value is -5.94. The summed E-state index contributed by atoms with van der Waals surface area (Å²) < 4.78 is 2.20. The monoisotopic (exact) mass is 979 g/mol. The van der Waals surface area contributed by atoms with Gasteiger partial charge in [0.25, 0.3) is 0 Å². The first-order valence-electron chi connectivity index (χ1n) is 27.2. The first-order valence-corrected chi connectivity index (χ1v) is 27.2. The van der Waals surface area contributed by atoms with E-state index < -0.39 is 5.41 Å². The van der Waals surface area contributed by atoms with Crippen LogP contribution in [0.25, 0.3) is 22.3 Å². The van der Waals surface area contributed by atoms with Crippen molar-refractivity contribution >= 4 is 57.9 Å². The molecule has 6 aliphatic heterocycles. The van der Waals surface area contributed by atoms with Crippen molar-refractivity contribution in [1.82, 2.24) is 44.4 Å². The molecule has 8 aliphatic rings. The summed E-state index contributed by atoms with van der Waals surface area (Å²) in [4.78, 5) is 94.9. The third-order valence-corrected chi connectivity index (χ3v) is 17.7. The van der Waals surface area contributed by atoms with Crippen molar-refractivity contribution in [2.24, 2.45) is 5.92 Å². The number of pyridine rings is 2. The van der Waals surface area contributed by atoms with E-state index in [0.29, 0.717) is 83.3 Å². The Bertz CT molecular complexity index is 2740. The molecule has 0 bridgehead atoms. The van der Waals surface area contributed by atoms with Gasteiger partial charge in [0.2, 0.25) is 29.5 Å². The van der Waals surface area contributed by atoms with Gasteiger partial charge in [-0.1, -0.05) is 24.6 Å². The summed E-state index contributed by atoms with van der Waals surface area (Å²) in [7, 11) is 0. The number of rotatable bonds is 11. The minimum atomic E-state index is -0.674. The molecule has 72 heavy (non-hydrogen) atoms. The fourth-order valence-electron chi connectivity index (χ4n) is 13.0. The summed E-state index contributed by atoms with van der Waals surface area (Å²) in [5, 5.41) is 6.13. The zero-order chi connectivity index (χ0) is 49.3. The van der Waals surface area contributed by atoms with E-state index in [0.717, 1.165) is 116 Å². The smallest absolute Gasteiger partial charge is 0.238 e. The predicted molar refractivity (Wildman–Crippen MR) is 275 cm³/mol. The molecular formula is C55H70N12O5. The molecule has 1 unspecified atom stereocenters. The van der Waals surface area contributed by atoms with E-state index in [9.17, 15) is 19.2 Å². The van der Waals surface area contributed by atoms with Gasteiger partial charge in [0.05, 0.1) is 35.4 Å². The third kappa shape index (κ3) is 8.81. The van der Waals surface area contributed by atoms with Gasteiger partial charge < -0.3 is 34.4 Å². The number of imide groups is 1. The number of benzene rings is 1. The SMILES string of the molecule is CC(C)n1cnc2cc(-c3ccc4c(c3)N(C3CC(N5CCCCC5)C3)C(=O)C43CCN(C(=O)C4CCN(C(=O)CN5CCN(c6ccc(C7CCC(=O)NC7=O)cn6)CC5)CC4)CC3)nc(NC3CC3)c21. The molecule has 1 spiro atoms. The van der Waals surface area contributed by atoms with Crippen LogP contribution in [-0.2, 0) is 29.4 Å². The number of imidazole rings is 1. The van der Waals surface area contributed by atoms with E-state index in [1.165, 1.54) is 19.3 Å². The maximum absolute atomic E-state index is 15.2. The quantitative estimate of drug-likeness (QED) is 0.182. The molecule has 5 saturated heterocycles. The minimum Gasteiger partial charge on any atom is -0.366 e. The lowest BCUT2D eigenvalue weighted by atomic mass is 9.73. The summed E-state index contributed by atoms with van der Waals surface area (Å²) in [6, 6.07) is 13.9. The number of piperazine rings is 1. The van der Waals surface area contributed by atoms with Gasteiger partial charge in [0.15, 0.2) is 5.82 Å². The number of likely N-dealkylation sites (tertiary alicyclic amines) is 3. The van der Waals surface area contributed by atoms with E-state index in [2.05, 4.69) is 77.9 Å². The maximum atomic E-state index is 15.2. The Morgan fingerprint density at radius 1 is 0.806 bits per heavy atom. The molecule has 2 N–H and O–H groups in total. The summed E-state index contributed by atoms with van der Waals surface area (Å²) in [5.74, 6) is 1.19. The van der Waals surface area contributed by atoms with Crippen LogP contribution in [0, 0.1) is 5.92 Å². The molecule has 7 fully saturated rings. The van der Waals surface area contributed by atoms with Crippen molar-refractivity contribution in [3.8, 4) is 11.3 Å². The van der Waals surface area contributed by atoms with Gasteiger partial charge in [0, 0.05) is 106 Å². The molecule has 1 atom stereocenters. The number of carbonyl (C=O) groups is 5. The number of hydrogen-bond donors (Lipinski definition) is 2. The zero-order valence-corrected chi connectivity index (χ0v) is 42.1. The molecule has 4 aromatic rings. The molecule has 1 aromatic carbocycles. The zero-order valence-electron chi connectivity index (χ0n) is 42.1. The summed E-state index contributed by atoms with van der Waals surface area (Å²) >= 11 is 0. The Labute approximate surface area is 422 Å². The van der Waals surface area contributed by atoms with Crippen molar-refractivity contribution < 1.29 is 24.0 Å². The number of nitrogens with one attached hydrogen (secondary N) is 2. The lowest BCUT2D eigenvalue weighted by Crippen LogP contribution is -2.58. The van der Waals surface area contributed by atoms with E-state index in [4.69, 9.17) is 9.97 Å². The Morgan fingerprint density at radius 3 is 2.26 bits per heavy atom. The highest BCUT2D eigenvalue weighted by Crippen LogP contribution is 2.52. The van der Waals surface area contributed by atoms with Gasteiger partial charge in [-0.15, -0.1) is 0 Å². The number of anilines is 3. The Balaban J connectivity index is 0.679. The van der Waals surface area contributed by atoms with Crippen LogP contribution in [0.5, 0.6) is 0 Å². The topological polar surface area (TPSA) is 172 Å². The second-order valence-corrected chi connectivity index (χ2v) is 22.4. The Kier molecular flexibility index (Phi) is 12.5. The van der Waals surface area contributed by atoms with Crippen LogP contribution in [-0.4, -0.2) is 159 Å². The molecule has 2 saturated carbocycles. The number of nitrogens with zero attached hydrogens (tertiary/aromatic N) is 10. The van der Waals surface area contributed by atoms with Crippen LogP contribution < -0.4 is 20.4 Å². The van der Waals surface area contributed by atoms with Crippen molar-refractivity contribution in [2.45, 2.75) is 133 Å². The standard InChI is InChI=1S/C55H70N12O5/c1-35(2)66-34-57-45-31-44(59-51(50(45)66)58-39-8-9-39)37-6-11-43-46(28-37)67(41-29-40(30-41)62-18-4-3-5-19-62)54(72)55(43)16-22-65(23-17-55)53(71)36-14-20-64(21-15-36)49(69)33-61-24-26-63(27-25-61)47-12-7-38(32-56-47)42-10-13-48(68)60-52(42)70/h6-7,11-12,28,31-32,34-36,39-42H,3-5,8-10,13-27,29-30,33H2,1-2H3,(H,58,59)(H,60,68,70). The average molecular weight is 979 g/mol. The van der Waals surface area contributed by atoms with E-state index >= 15 is 4.79 Å². The summed E-state index contributed by atoms with van der Waals surface area (Å²) in [6.45, 7) is 12.2. The van der Waals surface area contributed by atoms with Crippen molar-refractivity contribution in [3.05, 3.63) is 60.0 Å². The third-order valence-electron chi connectivity index (χ3n) is 17.7. The Morgan fingerprint density at radius 2 is 1.57 bits per heavy atom. The molecule has 5 amide bonds. The van der Waals surface area contributed by atoms with Crippen LogP contribution in [0.2, 0.25) is 0 Å². The number of hydrogen-bond acceptors (Lipinski definition) is 12. The summed E-state index contributed by atoms with van der Waals surface area (Å²) in [5.41, 5.74) is 6.04. The number of piperidine rings is 4. The molecule has 17 nitrogen and oxygen atoms in total.